The van der Waals surface area contributed by atoms with Crippen LogP contribution in [0.2, 0.25) is 0 Å². The molecule has 138 valence electrons. The summed E-state index contributed by atoms with van der Waals surface area (Å²) in [4.78, 5) is 36.8. The second-order valence-electron chi connectivity index (χ2n) is 5.84. The first-order valence-electron chi connectivity index (χ1n) is 8.11. The Morgan fingerprint density at radius 1 is 1.11 bits per heavy atom. The lowest BCUT2D eigenvalue weighted by atomic mass is 10.1. The number of nitrogens with one attached hydrogen (secondary N) is 1. The number of ether oxygens (including phenoxy) is 1. The Morgan fingerprint density at radius 3 is 2.44 bits per heavy atom. The molecule has 0 aliphatic carbocycles. The summed E-state index contributed by atoms with van der Waals surface area (Å²) < 4.78 is 19.8. The zero-order valence-corrected chi connectivity index (χ0v) is 14.6. The van der Waals surface area contributed by atoms with E-state index < -0.39 is 23.8 Å². The number of amides is 1. The molecule has 8 heteroatoms. The van der Waals surface area contributed by atoms with Crippen LogP contribution in [0.3, 0.4) is 0 Å². The number of para-hydroxylation sites is 1. The van der Waals surface area contributed by atoms with Crippen LogP contribution in [0.15, 0.2) is 53.3 Å². The molecule has 7 nitrogen and oxygen atoms in total. The highest BCUT2D eigenvalue weighted by Crippen LogP contribution is 2.16. The van der Waals surface area contributed by atoms with Gasteiger partial charge in [0.1, 0.15) is 5.82 Å². The number of halogens is 1. The maximum Gasteiger partial charge on any atom is 0.360 e. The van der Waals surface area contributed by atoms with Gasteiger partial charge in [-0.15, -0.1) is 0 Å². The monoisotopic (exact) mass is 369 g/mol. The van der Waals surface area contributed by atoms with Crippen molar-refractivity contribution in [2.24, 2.45) is 7.05 Å². The molecular formula is C19H16FN3O4. The minimum atomic E-state index is -1.20. The van der Waals surface area contributed by atoms with Gasteiger partial charge in [-0.3, -0.25) is 9.59 Å². The van der Waals surface area contributed by atoms with E-state index in [0.29, 0.717) is 10.8 Å². The number of anilines is 1. The van der Waals surface area contributed by atoms with Gasteiger partial charge < -0.3 is 10.1 Å². The van der Waals surface area contributed by atoms with Crippen LogP contribution in [0.1, 0.15) is 17.4 Å². The average Bonchev–Trinajstić information content (AvgIpc) is 2.66. The van der Waals surface area contributed by atoms with E-state index >= 15 is 0 Å². The van der Waals surface area contributed by atoms with E-state index in [1.165, 1.54) is 32.2 Å². The number of carbonyl (C=O) groups excluding carboxylic acids is 2. The molecule has 1 unspecified atom stereocenters. The van der Waals surface area contributed by atoms with Gasteiger partial charge in [0.15, 0.2) is 11.8 Å². The van der Waals surface area contributed by atoms with Crippen molar-refractivity contribution in [3.8, 4) is 0 Å². The maximum atomic E-state index is 13.6. The summed E-state index contributed by atoms with van der Waals surface area (Å²) >= 11 is 0. The number of nitrogens with zero attached hydrogens (tertiary/aromatic N) is 2. The quantitative estimate of drug-likeness (QED) is 0.713. The lowest BCUT2D eigenvalue weighted by Gasteiger charge is -2.14. The second-order valence-corrected chi connectivity index (χ2v) is 5.84. The highest BCUT2D eigenvalue weighted by molar-refractivity contribution is 6.03. The van der Waals surface area contributed by atoms with E-state index in [0.717, 1.165) is 4.68 Å². The van der Waals surface area contributed by atoms with E-state index in [2.05, 4.69) is 10.4 Å². The summed E-state index contributed by atoms with van der Waals surface area (Å²) in [7, 11) is 1.42. The zero-order chi connectivity index (χ0) is 19.6. The van der Waals surface area contributed by atoms with E-state index in [4.69, 9.17) is 4.74 Å². The van der Waals surface area contributed by atoms with Crippen LogP contribution < -0.4 is 10.9 Å². The fourth-order valence-corrected chi connectivity index (χ4v) is 2.52. The molecule has 0 aliphatic rings. The molecular weight excluding hydrogens is 353 g/mol. The molecule has 0 saturated heterocycles. The SMILES string of the molecule is CC(OC(=O)c1nn(C)c(=O)c2ccccc12)C(=O)Nc1ccccc1F. The van der Waals surface area contributed by atoms with Crippen LogP contribution in [0.5, 0.6) is 0 Å². The number of carbonyl (C=O) groups is 2. The molecule has 27 heavy (non-hydrogen) atoms. The molecule has 1 aromatic heterocycles. The average molecular weight is 369 g/mol. The van der Waals surface area contributed by atoms with Crippen LogP contribution in [0.4, 0.5) is 10.1 Å². The van der Waals surface area contributed by atoms with Gasteiger partial charge in [0.05, 0.1) is 11.1 Å². The Labute approximate surface area is 153 Å². The highest BCUT2D eigenvalue weighted by Gasteiger charge is 2.23. The largest absolute Gasteiger partial charge is 0.448 e. The van der Waals surface area contributed by atoms with Gasteiger partial charge in [-0.2, -0.15) is 5.10 Å². The number of aryl methyl sites for hydroxylation is 1. The lowest BCUT2D eigenvalue weighted by Crippen LogP contribution is -2.31. The molecule has 0 saturated carbocycles. The molecule has 3 aromatic rings. The van der Waals surface area contributed by atoms with Crippen molar-refractivity contribution in [3.63, 3.8) is 0 Å². The second kappa shape index (κ2) is 7.36. The van der Waals surface area contributed by atoms with Gasteiger partial charge in [-0.25, -0.2) is 13.9 Å². The van der Waals surface area contributed by atoms with Crippen LogP contribution in [-0.2, 0) is 16.6 Å². The number of aromatic nitrogens is 2. The van der Waals surface area contributed by atoms with Gasteiger partial charge >= 0.3 is 5.97 Å². The Hall–Kier alpha value is -3.55. The van der Waals surface area contributed by atoms with Gasteiger partial charge in [0.2, 0.25) is 0 Å². The van der Waals surface area contributed by atoms with Gasteiger partial charge in [-0.05, 0) is 25.1 Å². The van der Waals surface area contributed by atoms with Crippen molar-refractivity contribution >= 4 is 28.3 Å². The summed E-state index contributed by atoms with van der Waals surface area (Å²) in [6, 6.07) is 12.1. The first-order chi connectivity index (χ1) is 12.9. The minimum Gasteiger partial charge on any atom is -0.448 e. The summed E-state index contributed by atoms with van der Waals surface area (Å²) in [6.45, 7) is 1.36. The Morgan fingerprint density at radius 2 is 1.74 bits per heavy atom. The van der Waals surface area contributed by atoms with Gasteiger partial charge in [-0.1, -0.05) is 30.3 Å². The van der Waals surface area contributed by atoms with Crippen molar-refractivity contribution in [3.05, 3.63) is 70.4 Å². The molecule has 0 spiro atoms. The number of hydrogen-bond acceptors (Lipinski definition) is 5. The van der Waals surface area contributed by atoms with Crippen molar-refractivity contribution in [2.45, 2.75) is 13.0 Å². The fourth-order valence-electron chi connectivity index (χ4n) is 2.52. The fraction of sp³-hybridized carbons (Fsp3) is 0.158. The molecule has 0 bridgehead atoms. The third-order valence-corrected chi connectivity index (χ3v) is 3.93. The molecule has 1 heterocycles. The number of hydrogen-bond donors (Lipinski definition) is 1. The molecule has 0 fully saturated rings. The standard InChI is InChI=1S/C19H16FN3O4/c1-11(17(24)21-15-10-6-5-9-14(15)20)27-19(26)16-12-7-3-4-8-13(12)18(25)23(2)22-16/h3-11H,1-2H3,(H,21,24). The van der Waals surface area contributed by atoms with E-state index in [9.17, 15) is 18.8 Å². The van der Waals surface area contributed by atoms with Gasteiger partial charge in [0, 0.05) is 12.4 Å². The minimum absolute atomic E-state index is 0.0175. The van der Waals surface area contributed by atoms with Crippen LogP contribution in [0, 0.1) is 5.82 Å². The van der Waals surface area contributed by atoms with Crippen molar-refractivity contribution in [1.29, 1.82) is 0 Å². The molecule has 1 N–H and O–H groups in total. The van der Waals surface area contributed by atoms with Crippen molar-refractivity contribution in [2.75, 3.05) is 5.32 Å². The summed E-state index contributed by atoms with van der Waals surface area (Å²) in [5.41, 5.74) is -0.457. The molecule has 1 amide bonds. The lowest BCUT2D eigenvalue weighted by molar-refractivity contribution is -0.123. The summed E-state index contributed by atoms with van der Waals surface area (Å²) in [6.07, 6.45) is -1.20. The summed E-state index contributed by atoms with van der Waals surface area (Å²) in [5, 5.41) is 6.94. The number of rotatable bonds is 4. The molecule has 2 aromatic carbocycles. The summed E-state index contributed by atoms with van der Waals surface area (Å²) in [5.74, 6) is -2.16. The first-order valence-corrected chi connectivity index (χ1v) is 8.11. The molecule has 0 aliphatic heterocycles. The first kappa shape index (κ1) is 18.2. The maximum absolute atomic E-state index is 13.6. The molecule has 3 rings (SSSR count). The van der Waals surface area contributed by atoms with E-state index in [1.807, 2.05) is 0 Å². The highest BCUT2D eigenvalue weighted by atomic mass is 19.1. The third-order valence-electron chi connectivity index (χ3n) is 3.93. The van der Waals surface area contributed by atoms with E-state index in [-0.39, 0.29) is 16.9 Å². The topological polar surface area (TPSA) is 90.3 Å². The van der Waals surface area contributed by atoms with Crippen LogP contribution >= 0.6 is 0 Å². The number of esters is 1. The van der Waals surface area contributed by atoms with Crippen molar-refractivity contribution in [1.82, 2.24) is 9.78 Å². The molecule has 0 radical (unpaired) electrons. The zero-order valence-electron chi connectivity index (χ0n) is 14.6. The number of benzene rings is 2. The van der Waals surface area contributed by atoms with Crippen LogP contribution in [0.25, 0.3) is 10.8 Å². The predicted molar refractivity (Wildman–Crippen MR) is 96.9 cm³/mol. The van der Waals surface area contributed by atoms with Crippen LogP contribution in [-0.4, -0.2) is 27.8 Å². The predicted octanol–water partition coefficient (Wildman–Crippen LogP) is 2.26. The Kier molecular flexibility index (Phi) is 4.98. The smallest absolute Gasteiger partial charge is 0.360 e. The Bertz CT molecular complexity index is 1090. The Balaban J connectivity index is 1.82. The van der Waals surface area contributed by atoms with E-state index in [1.54, 1.807) is 30.3 Å². The van der Waals surface area contributed by atoms with Gasteiger partial charge in [0.25, 0.3) is 11.5 Å². The normalized spacial score (nSPS) is 11.8. The number of fused-ring (bicyclic) bond motifs is 1. The third kappa shape index (κ3) is 3.69. The molecule has 1 atom stereocenters. The van der Waals surface area contributed by atoms with Crippen molar-refractivity contribution < 1.29 is 18.7 Å².